The Kier molecular flexibility index (Phi) is 8.62. The molecule has 1 aromatic heterocycles. The molecule has 0 bridgehead atoms. The number of aromatic nitrogens is 1. The maximum atomic E-state index is 6.32. The molecule has 58 heavy (non-hydrogen) atoms. The van der Waals surface area contributed by atoms with Crippen molar-refractivity contribution in [3.8, 4) is 11.5 Å². The summed E-state index contributed by atoms with van der Waals surface area (Å²) < 4.78 is 6.32. The molecule has 2 heterocycles. The molecule has 0 saturated heterocycles. The Bertz CT molecular complexity index is 2780. The van der Waals surface area contributed by atoms with Crippen LogP contribution in [0.5, 0.6) is 0 Å². The number of fused-ring (bicyclic) bond motifs is 3. The van der Waals surface area contributed by atoms with E-state index in [1.54, 1.807) is 0 Å². The van der Waals surface area contributed by atoms with Gasteiger partial charge in [-0.2, -0.15) is 0 Å². The van der Waals surface area contributed by atoms with Gasteiger partial charge >= 0.3 is 0 Å². The van der Waals surface area contributed by atoms with Crippen LogP contribution in [-0.4, -0.2) is 10.8 Å². The topological polar surface area (TPSA) is 62.5 Å². The smallest absolute Gasteiger partial charge is 0.227 e. The molecule has 1 aliphatic heterocycles. The maximum absolute atomic E-state index is 6.32. The molecule has 0 fully saturated rings. The van der Waals surface area contributed by atoms with Gasteiger partial charge in [-0.05, 0) is 130 Å². The maximum Gasteiger partial charge on any atom is 0.227 e. The molecule has 2 N–H and O–H groups in total. The lowest BCUT2D eigenvalue weighted by Crippen LogP contribution is -2.45. The van der Waals surface area contributed by atoms with Gasteiger partial charge in [-0.1, -0.05) is 140 Å². The van der Waals surface area contributed by atoms with Crippen molar-refractivity contribution in [1.29, 1.82) is 0 Å². The molecule has 4 aliphatic carbocycles. The van der Waals surface area contributed by atoms with Crippen LogP contribution in [0.15, 0.2) is 190 Å². The fourth-order valence-electron chi connectivity index (χ4n) is 9.73. The van der Waals surface area contributed by atoms with E-state index in [1.165, 1.54) is 55.7 Å². The second kappa shape index (κ2) is 14.4. The number of allylic oxidation sites excluding steroid dienone is 11. The third-order valence-corrected chi connectivity index (χ3v) is 12.5. The Morgan fingerprint density at radius 3 is 2.16 bits per heavy atom. The van der Waals surface area contributed by atoms with E-state index in [4.69, 9.17) is 14.4 Å². The van der Waals surface area contributed by atoms with Gasteiger partial charge < -0.3 is 9.73 Å². The van der Waals surface area contributed by atoms with Crippen molar-refractivity contribution in [2.24, 2.45) is 4.99 Å². The van der Waals surface area contributed by atoms with Crippen molar-refractivity contribution in [2.45, 2.75) is 56.3 Å². The van der Waals surface area contributed by atoms with Crippen LogP contribution in [0.3, 0.4) is 0 Å². The number of aliphatic imine (C=N–C) groups is 1. The summed E-state index contributed by atoms with van der Waals surface area (Å²) in [6, 6.07) is 44.0. The standard InChI is InChI=1S/C53H44N4O/c1-5-15-35(16-6-1)36-25-27-38(28-26-36)50-55-49(37-17-7-2-8-18-37)56-51(57-50)40-29-31-46-44(33-40)43-23-13-14-24-45(43)53(46,41-21-11-4-12-22-41)42-30-32-48-47(34-42)54-52(58-48)39-19-9-3-10-20-39/h1-5,7,9-13,15,17,19-23,25-34,50-51,57H,6,8,14,16,18,24H2,(H,55,56). The molecular weight excluding hydrogens is 709 g/mol. The van der Waals surface area contributed by atoms with Crippen LogP contribution in [0.1, 0.15) is 89.8 Å². The molecule has 6 aromatic rings. The second-order valence-corrected chi connectivity index (χ2v) is 15.9. The van der Waals surface area contributed by atoms with E-state index in [0.717, 1.165) is 66.6 Å². The SMILES string of the molecule is C1=CCCC(C2=NC(c3ccc4c(c3)C3=C(CCC=C3)C4(c3ccccc3)c3ccc4oc(-c5ccccc5)nc4c3)NC(c3ccc(C4=CC=CCC4)cc3)N2)=C1. The number of amidine groups is 1. The first-order valence-electron chi connectivity index (χ1n) is 20.7. The van der Waals surface area contributed by atoms with Gasteiger partial charge in [-0.3, -0.25) is 5.32 Å². The predicted molar refractivity (Wildman–Crippen MR) is 236 cm³/mol. The van der Waals surface area contributed by atoms with Crippen LogP contribution in [0.2, 0.25) is 0 Å². The minimum atomic E-state index is -0.488. The van der Waals surface area contributed by atoms with Gasteiger partial charge in [-0.25, -0.2) is 9.98 Å². The summed E-state index contributed by atoms with van der Waals surface area (Å²) in [5.41, 5.74) is 16.2. The first kappa shape index (κ1) is 34.7. The van der Waals surface area contributed by atoms with E-state index in [2.05, 4.69) is 150 Å². The average molecular weight is 753 g/mol. The van der Waals surface area contributed by atoms with Gasteiger partial charge in [0.25, 0.3) is 0 Å². The number of hydrogen-bond acceptors (Lipinski definition) is 5. The molecule has 5 aromatic carbocycles. The van der Waals surface area contributed by atoms with E-state index >= 15 is 0 Å². The largest absolute Gasteiger partial charge is 0.436 e. The van der Waals surface area contributed by atoms with E-state index in [9.17, 15) is 0 Å². The van der Waals surface area contributed by atoms with E-state index in [1.807, 2.05) is 30.3 Å². The number of benzene rings is 5. The van der Waals surface area contributed by atoms with E-state index in [0.29, 0.717) is 5.89 Å². The third-order valence-electron chi connectivity index (χ3n) is 12.5. The van der Waals surface area contributed by atoms with Crippen molar-refractivity contribution in [3.63, 3.8) is 0 Å². The van der Waals surface area contributed by atoms with Gasteiger partial charge in [0.05, 0.1) is 5.41 Å². The molecular formula is C53H44N4O. The number of nitrogens with one attached hydrogen (secondary N) is 2. The molecule has 5 heteroatoms. The van der Waals surface area contributed by atoms with Crippen molar-refractivity contribution < 1.29 is 4.42 Å². The Labute approximate surface area is 339 Å². The Balaban J connectivity index is 1.03. The lowest BCUT2D eigenvalue weighted by atomic mass is 9.65. The molecule has 3 atom stereocenters. The summed E-state index contributed by atoms with van der Waals surface area (Å²) in [6.45, 7) is 0. The summed E-state index contributed by atoms with van der Waals surface area (Å²) in [5, 5.41) is 7.71. The van der Waals surface area contributed by atoms with Gasteiger partial charge in [0.2, 0.25) is 5.89 Å². The molecule has 5 nitrogen and oxygen atoms in total. The predicted octanol–water partition coefficient (Wildman–Crippen LogP) is 12.2. The zero-order valence-electron chi connectivity index (χ0n) is 32.4. The summed E-state index contributed by atoms with van der Waals surface area (Å²) in [5.74, 6) is 1.61. The number of oxazole rings is 1. The van der Waals surface area contributed by atoms with Crippen LogP contribution in [0.25, 0.3) is 33.7 Å². The van der Waals surface area contributed by atoms with Crippen LogP contribution in [0.4, 0.5) is 0 Å². The molecule has 5 aliphatic rings. The summed E-state index contributed by atoms with van der Waals surface area (Å²) in [6.07, 6.45) is 23.8. The first-order valence-corrected chi connectivity index (χ1v) is 20.7. The summed E-state index contributed by atoms with van der Waals surface area (Å²) >= 11 is 0. The van der Waals surface area contributed by atoms with Crippen LogP contribution < -0.4 is 10.6 Å². The van der Waals surface area contributed by atoms with Crippen molar-refractivity contribution in [3.05, 3.63) is 220 Å². The summed E-state index contributed by atoms with van der Waals surface area (Å²) in [7, 11) is 0. The Morgan fingerprint density at radius 2 is 1.38 bits per heavy atom. The van der Waals surface area contributed by atoms with Gasteiger partial charge in [-0.15, -0.1) is 0 Å². The first-order chi connectivity index (χ1) is 28.7. The number of rotatable bonds is 7. The number of nitrogens with zero attached hydrogens (tertiary/aromatic N) is 2. The van der Waals surface area contributed by atoms with Gasteiger partial charge in [0.15, 0.2) is 5.58 Å². The van der Waals surface area contributed by atoms with E-state index in [-0.39, 0.29) is 12.3 Å². The minimum Gasteiger partial charge on any atom is -0.436 e. The second-order valence-electron chi connectivity index (χ2n) is 15.9. The van der Waals surface area contributed by atoms with Crippen molar-refractivity contribution >= 4 is 28.1 Å². The number of hydrogen-bond donors (Lipinski definition) is 2. The molecule has 0 saturated carbocycles. The minimum absolute atomic E-state index is 0.102. The normalized spacial score (nSPS) is 22.2. The van der Waals surface area contributed by atoms with Crippen LogP contribution in [-0.2, 0) is 5.41 Å². The molecule has 0 radical (unpaired) electrons. The van der Waals surface area contributed by atoms with Gasteiger partial charge in [0, 0.05) is 5.56 Å². The summed E-state index contributed by atoms with van der Waals surface area (Å²) in [4.78, 5) is 10.5. The van der Waals surface area contributed by atoms with Crippen LogP contribution >= 0.6 is 0 Å². The highest BCUT2D eigenvalue weighted by Gasteiger charge is 2.48. The van der Waals surface area contributed by atoms with Crippen LogP contribution in [0, 0.1) is 0 Å². The highest BCUT2D eigenvalue weighted by Crippen LogP contribution is 2.58. The van der Waals surface area contributed by atoms with Crippen molar-refractivity contribution in [2.75, 3.05) is 0 Å². The van der Waals surface area contributed by atoms with Crippen molar-refractivity contribution in [1.82, 2.24) is 15.6 Å². The zero-order valence-corrected chi connectivity index (χ0v) is 32.4. The highest BCUT2D eigenvalue weighted by atomic mass is 16.3. The molecule has 3 unspecified atom stereocenters. The average Bonchev–Trinajstić information content (AvgIpc) is 3.87. The fourth-order valence-corrected chi connectivity index (χ4v) is 9.73. The molecule has 11 rings (SSSR count). The monoisotopic (exact) mass is 752 g/mol. The molecule has 0 spiro atoms. The zero-order chi connectivity index (χ0) is 38.5. The molecule has 0 amide bonds. The lowest BCUT2D eigenvalue weighted by molar-refractivity contribution is 0.408. The Hall–Kier alpha value is -6.56. The highest BCUT2D eigenvalue weighted by molar-refractivity contribution is 5.99. The van der Waals surface area contributed by atoms with Gasteiger partial charge in [0.1, 0.15) is 23.7 Å². The fraction of sp³-hybridized carbons (Fsp3) is 0.170. The Morgan fingerprint density at radius 1 is 0.638 bits per heavy atom. The van der Waals surface area contributed by atoms with E-state index < -0.39 is 5.41 Å². The quantitative estimate of drug-likeness (QED) is 0.170. The third kappa shape index (κ3) is 5.88. The lowest BCUT2D eigenvalue weighted by Gasteiger charge is -2.36. The molecule has 282 valence electrons.